The Kier molecular flexibility index (Phi) is 7.91. The first-order valence-electron chi connectivity index (χ1n) is 11.5. The average molecular weight is 520 g/mol. The molecule has 1 amide bonds. The Morgan fingerprint density at radius 1 is 1.08 bits per heavy atom. The third kappa shape index (κ3) is 6.22. The van der Waals surface area contributed by atoms with Crippen molar-refractivity contribution in [3.63, 3.8) is 0 Å². The molecule has 0 aliphatic rings. The van der Waals surface area contributed by atoms with Gasteiger partial charge in [0.25, 0.3) is 5.91 Å². The number of hydrazone groups is 1. The number of hydrogen-bond acceptors (Lipinski definition) is 7. The molecule has 2 heterocycles. The molecule has 1 N–H and O–H groups in total. The van der Waals surface area contributed by atoms with E-state index in [0.29, 0.717) is 11.0 Å². The minimum Gasteiger partial charge on any atom is -0.497 e. The molecule has 0 aliphatic carbocycles. The van der Waals surface area contributed by atoms with E-state index >= 15 is 0 Å². The second-order valence-corrected chi connectivity index (χ2v) is 11.5. The van der Waals surface area contributed by atoms with Crippen LogP contribution in [-0.2, 0) is 10.2 Å². The molecule has 186 valence electrons. The number of hydrogen-bond donors (Lipinski definition) is 1. The fourth-order valence-electron chi connectivity index (χ4n) is 3.49. The van der Waals surface area contributed by atoms with E-state index in [9.17, 15) is 4.79 Å². The minimum atomic E-state index is -0.218. The van der Waals surface area contributed by atoms with E-state index in [1.807, 2.05) is 47.9 Å². The highest BCUT2D eigenvalue weighted by Crippen LogP contribution is 2.30. The van der Waals surface area contributed by atoms with Gasteiger partial charge in [0.05, 0.1) is 19.1 Å². The summed E-state index contributed by atoms with van der Waals surface area (Å²) in [5, 5.41) is 13.6. The minimum absolute atomic E-state index is 0.0569. The van der Waals surface area contributed by atoms with E-state index in [-0.39, 0.29) is 17.1 Å². The van der Waals surface area contributed by atoms with Gasteiger partial charge in [-0.2, -0.15) is 5.10 Å². The Morgan fingerprint density at radius 3 is 2.42 bits per heavy atom. The van der Waals surface area contributed by atoms with Crippen LogP contribution in [0.1, 0.15) is 36.1 Å². The van der Waals surface area contributed by atoms with Gasteiger partial charge in [-0.3, -0.25) is 9.36 Å². The Morgan fingerprint density at radius 2 is 1.81 bits per heavy atom. The lowest BCUT2D eigenvalue weighted by Gasteiger charge is -2.19. The van der Waals surface area contributed by atoms with Crippen molar-refractivity contribution in [3.8, 4) is 22.8 Å². The van der Waals surface area contributed by atoms with Gasteiger partial charge in [0.2, 0.25) is 0 Å². The summed E-state index contributed by atoms with van der Waals surface area (Å²) in [4.78, 5) is 14.6. The number of thiophene rings is 1. The monoisotopic (exact) mass is 519 g/mol. The lowest BCUT2D eigenvalue weighted by molar-refractivity contribution is -0.118. The number of nitrogens with zero attached hydrogens (tertiary/aromatic N) is 4. The van der Waals surface area contributed by atoms with Gasteiger partial charge >= 0.3 is 0 Å². The van der Waals surface area contributed by atoms with Crippen LogP contribution in [0, 0.1) is 6.92 Å². The molecule has 0 fully saturated rings. The maximum absolute atomic E-state index is 12.4. The number of carbonyl (C=O) groups excluding carboxylic acids is 1. The van der Waals surface area contributed by atoms with Crippen LogP contribution >= 0.6 is 23.1 Å². The molecule has 0 aliphatic heterocycles. The van der Waals surface area contributed by atoms with E-state index in [4.69, 9.17) is 4.74 Å². The summed E-state index contributed by atoms with van der Waals surface area (Å²) < 4.78 is 7.27. The molecule has 0 unspecified atom stereocenters. The van der Waals surface area contributed by atoms with Crippen molar-refractivity contribution in [1.29, 1.82) is 0 Å². The average Bonchev–Trinajstić information content (AvgIpc) is 3.48. The summed E-state index contributed by atoms with van der Waals surface area (Å²) in [6.07, 6.45) is 1.65. The van der Waals surface area contributed by atoms with Crippen LogP contribution in [0.15, 0.2) is 70.9 Å². The normalized spacial score (nSPS) is 11.7. The molecule has 9 heteroatoms. The van der Waals surface area contributed by atoms with Crippen molar-refractivity contribution in [1.82, 2.24) is 20.2 Å². The van der Waals surface area contributed by atoms with Crippen molar-refractivity contribution in [2.75, 3.05) is 12.9 Å². The number of methoxy groups -OCH3 is 1. The molecule has 2 aromatic heterocycles. The van der Waals surface area contributed by atoms with Crippen LogP contribution in [0.2, 0.25) is 0 Å². The molecule has 0 bridgehead atoms. The summed E-state index contributed by atoms with van der Waals surface area (Å²) in [6.45, 7) is 8.59. The van der Waals surface area contributed by atoms with Crippen LogP contribution in [0.4, 0.5) is 0 Å². The fourth-order valence-corrected chi connectivity index (χ4v) is 4.98. The van der Waals surface area contributed by atoms with Crippen molar-refractivity contribution in [3.05, 3.63) is 76.0 Å². The van der Waals surface area contributed by atoms with Gasteiger partial charge in [-0.25, -0.2) is 5.43 Å². The second kappa shape index (κ2) is 11.1. The number of carbonyl (C=O) groups is 1. The highest BCUT2D eigenvalue weighted by Gasteiger charge is 2.19. The molecule has 0 saturated heterocycles. The lowest BCUT2D eigenvalue weighted by atomic mass is 9.87. The third-order valence-electron chi connectivity index (χ3n) is 5.45. The van der Waals surface area contributed by atoms with Gasteiger partial charge in [-0.1, -0.05) is 56.8 Å². The van der Waals surface area contributed by atoms with Crippen molar-refractivity contribution >= 4 is 35.2 Å². The zero-order chi connectivity index (χ0) is 25.7. The molecule has 2 aromatic carbocycles. The molecule has 7 nitrogen and oxygen atoms in total. The standard InChI is InChI=1S/C27H29N5O2S2/c1-18-6-15-23(36-18)16-28-29-24(33)17-35-26-31-30-25(19-7-9-20(10-8-19)27(2,3)4)32(26)21-11-13-22(34-5)14-12-21/h6-16H,17H2,1-5H3,(H,29,33)/b28-16+. The molecular weight excluding hydrogens is 490 g/mol. The number of thioether (sulfide) groups is 1. The van der Waals surface area contributed by atoms with E-state index in [0.717, 1.165) is 21.9 Å². The number of aromatic nitrogens is 3. The molecule has 0 saturated carbocycles. The maximum atomic E-state index is 12.4. The highest BCUT2D eigenvalue weighted by molar-refractivity contribution is 7.99. The van der Waals surface area contributed by atoms with Crippen LogP contribution in [0.3, 0.4) is 0 Å². The number of rotatable bonds is 8. The predicted octanol–water partition coefficient (Wildman–Crippen LogP) is 5.85. The number of benzene rings is 2. The summed E-state index contributed by atoms with van der Waals surface area (Å²) in [5.41, 5.74) is 5.71. The number of aryl methyl sites for hydroxylation is 1. The number of ether oxygens (including phenoxy) is 1. The van der Waals surface area contributed by atoms with Crippen LogP contribution in [0.25, 0.3) is 17.1 Å². The topological polar surface area (TPSA) is 81.4 Å². The van der Waals surface area contributed by atoms with E-state index < -0.39 is 0 Å². The van der Waals surface area contributed by atoms with Gasteiger partial charge in [0.15, 0.2) is 11.0 Å². The maximum Gasteiger partial charge on any atom is 0.250 e. The Bertz CT molecular complexity index is 1350. The van der Waals surface area contributed by atoms with Crippen molar-refractivity contribution in [2.24, 2.45) is 5.10 Å². The van der Waals surface area contributed by atoms with Gasteiger partial charge in [-0.05, 0) is 54.3 Å². The molecule has 36 heavy (non-hydrogen) atoms. The van der Waals surface area contributed by atoms with Gasteiger partial charge in [0.1, 0.15) is 5.75 Å². The van der Waals surface area contributed by atoms with E-state index in [1.54, 1.807) is 24.7 Å². The van der Waals surface area contributed by atoms with E-state index in [2.05, 4.69) is 65.8 Å². The van der Waals surface area contributed by atoms with Gasteiger partial charge in [0, 0.05) is 21.0 Å². The van der Waals surface area contributed by atoms with Crippen molar-refractivity contribution < 1.29 is 9.53 Å². The summed E-state index contributed by atoms with van der Waals surface area (Å²) in [5.74, 6) is 1.40. The SMILES string of the molecule is COc1ccc(-n2c(SCC(=O)N/N=C/c3ccc(C)s3)nnc2-c2ccc(C(C)(C)C)cc2)cc1. The number of nitrogens with one attached hydrogen (secondary N) is 1. The Hall–Kier alpha value is -3.43. The summed E-state index contributed by atoms with van der Waals surface area (Å²) >= 11 is 2.93. The molecular formula is C27H29N5O2S2. The highest BCUT2D eigenvalue weighted by atomic mass is 32.2. The lowest BCUT2D eigenvalue weighted by Crippen LogP contribution is -2.19. The van der Waals surface area contributed by atoms with Gasteiger partial charge < -0.3 is 4.74 Å². The first-order chi connectivity index (χ1) is 17.2. The smallest absolute Gasteiger partial charge is 0.250 e. The first kappa shape index (κ1) is 25.7. The van der Waals surface area contributed by atoms with Crippen molar-refractivity contribution in [2.45, 2.75) is 38.3 Å². The summed E-state index contributed by atoms with van der Waals surface area (Å²) in [7, 11) is 1.64. The molecule has 0 radical (unpaired) electrons. The van der Waals surface area contributed by atoms with Gasteiger partial charge in [-0.15, -0.1) is 21.5 Å². The third-order valence-corrected chi connectivity index (χ3v) is 7.31. The molecule has 4 rings (SSSR count). The zero-order valence-electron chi connectivity index (χ0n) is 21.0. The zero-order valence-corrected chi connectivity index (χ0v) is 22.6. The number of amides is 1. The summed E-state index contributed by atoms with van der Waals surface area (Å²) in [6, 6.07) is 20.0. The first-order valence-corrected chi connectivity index (χ1v) is 13.3. The van der Waals surface area contributed by atoms with E-state index in [1.165, 1.54) is 22.2 Å². The largest absolute Gasteiger partial charge is 0.497 e. The second-order valence-electron chi connectivity index (χ2n) is 9.20. The van der Waals surface area contributed by atoms with Crippen LogP contribution < -0.4 is 10.2 Å². The molecule has 0 atom stereocenters. The quantitative estimate of drug-likeness (QED) is 0.179. The predicted molar refractivity (Wildman–Crippen MR) is 148 cm³/mol. The Balaban J connectivity index is 1.56. The molecule has 0 spiro atoms. The molecule has 4 aromatic rings. The van der Waals surface area contributed by atoms with Crippen LogP contribution in [0.5, 0.6) is 5.75 Å². The Labute approximate surface area is 219 Å². The van der Waals surface area contributed by atoms with Crippen LogP contribution in [-0.4, -0.2) is 39.7 Å². The fraction of sp³-hybridized carbons (Fsp3) is 0.259.